The number of Topliss-reactive ketones (excluding diaryl/α,β-unsaturated/α-hetero) is 2. The maximum Gasteiger partial charge on any atom is 0.171 e. The minimum atomic E-state index is -0.396. The Balaban J connectivity index is 1.51. The second-order valence-electron chi connectivity index (χ2n) is 9.12. The molecule has 0 N–H and O–H groups in total. The fourth-order valence-electron chi connectivity index (χ4n) is 6.25. The van der Waals surface area contributed by atoms with Crippen LogP contribution in [0.4, 0.5) is 0 Å². The van der Waals surface area contributed by atoms with Crippen LogP contribution >= 0.6 is 0 Å². The first-order valence-corrected chi connectivity index (χ1v) is 11.4. The Morgan fingerprint density at radius 3 is 1.42 bits per heavy atom. The smallest absolute Gasteiger partial charge is 0.171 e. The van der Waals surface area contributed by atoms with E-state index >= 15 is 0 Å². The molecule has 7 rings (SSSR count). The lowest BCUT2D eigenvalue weighted by molar-refractivity contribution is 0.0911. The Labute approximate surface area is 191 Å². The molecular weight excluding hydrogens is 404 g/mol. The molecule has 0 heterocycles. The second kappa shape index (κ2) is 6.73. The highest BCUT2D eigenvalue weighted by molar-refractivity contribution is 6.21. The van der Waals surface area contributed by atoms with E-state index in [1.165, 1.54) is 0 Å². The lowest BCUT2D eigenvalue weighted by atomic mass is 9.71. The average molecular weight is 424 g/mol. The zero-order valence-electron chi connectivity index (χ0n) is 17.9. The van der Waals surface area contributed by atoms with Crippen LogP contribution in [-0.2, 0) is 0 Å². The van der Waals surface area contributed by atoms with Crippen LogP contribution < -0.4 is 0 Å². The maximum absolute atomic E-state index is 14.0. The highest BCUT2D eigenvalue weighted by Gasteiger charge is 2.47. The normalized spacial score (nSPS) is 19.5. The van der Waals surface area contributed by atoms with Crippen molar-refractivity contribution in [2.75, 3.05) is 0 Å². The summed E-state index contributed by atoms with van der Waals surface area (Å²) in [7, 11) is 0. The van der Waals surface area contributed by atoms with Gasteiger partial charge in [0.15, 0.2) is 11.6 Å². The van der Waals surface area contributed by atoms with Gasteiger partial charge in [-0.1, -0.05) is 103 Å². The summed E-state index contributed by atoms with van der Waals surface area (Å²) < 4.78 is 0. The third kappa shape index (κ3) is 2.44. The Morgan fingerprint density at radius 1 is 0.485 bits per heavy atom. The van der Waals surface area contributed by atoms with Crippen molar-refractivity contribution in [3.63, 3.8) is 0 Å². The Bertz CT molecular complexity index is 1500. The Kier molecular flexibility index (Phi) is 3.78. The molecule has 0 amide bonds. The monoisotopic (exact) mass is 424 g/mol. The van der Waals surface area contributed by atoms with E-state index in [2.05, 4.69) is 48.5 Å². The van der Waals surface area contributed by atoms with Crippen LogP contribution in [0.5, 0.6) is 0 Å². The number of benzene rings is 5. The molecule has 156 valence electrons. The van der Waals surface area contributed by atoms with Crippen LogP contribution in [0, 0.1) is 0 Å². The summed E-state index contributed by atoms with van der Waals surface area (Å²) in [4.78, 5) is 27.9. The summed E-state index contributed by atoms with van der Waals surface area (Å²) in [6.45, 7) is 0. The van der Waals surface area contributed by atoms with Crippen LogP contribution in [0.15, 0.2) is 103 Å². The summed E-state index contributed by atoms with van der Waals surface area (Å²) in [5.41, 5.74) is 4.66. The van der Waals surface area contributed by atoms with E-state index in [-0.39, 0.29) is 17.5 Å². The summed E-state index contributed by atoms with van der Waals surface area (Å²) in [6, 6.07) is 34.4. The fraction of sp³-hybridized carbons (Fsp3) is 0.0968. The molecule has 5 aromatic carbocycles. The summed E-state index contributed by atoms with van der Waals surface area (Å²) in [6.07, 6.45) is 0. The largest absolute Gasteiger partial charge is 0.293 e. The third-order valence-corrected chi connectivity index (χ3v) is 7.54. The van der Waals surface area contributed by atoms with E-state index in [9.17, 15) is 9.59 Å². The van der Waals surface area contributed by atoms with Gasteiger partial charge in [-0.05, 0) is 38.2 Å². The lowest BCUT2D eigenvalue weighted by Gasteiger charge is -2.29. The number of carbonyl (C=O) groups is 2. The van der Waals surface area contributed by atoms with E-state index in [0.717, 1.165) is 49.4 Å². The van der Waals surface area contributed by atoms with E-state index in [1.807, 2.05) is 54.6 Å². The number of ketones is 2. The summed E-state index contributed by atoms with van der Waals surface area (Å²) >= 11 is 0. The zero-order valence-corrected chi connectivity index (χ0v) is 17.9. The first kappa shape index (κ1) is 18.5. The number of carbonyl (C=O) groups excluding carboxylic acids is 2. The van der Waals surface area contributed by atoms with Gasteiger partial charge in [0.25, 0.3) is 0 Å². The standard InChI is InChI=1S/C31H20O2/c32-30-23-16-6-12-18-10-4-14-21(25(18)23)28(30)27(20-8-2-1-3-9-20)29-22-15-5-11-19-13-7-17-24(26(19)22)31(29)33/h1-17,27-29H. The molecule has 2 heteroatoms. The van der Waals surface area contributed by atoms with Crippen molar-refractivity contribution < 1.29 is 9.59 Å². The molecule has 0 aliphatic heterocycles. The molecule has 0 bridgehead atoms. The average Bonchev–Trinajstić information content (AvgIpc) is 3.31. The molecule has 2 aliphatic carbocycles. The Morgan fingerprint density at radius 2 is 0.939 bits per heavy atom. The van der Waals surface area contributed by atoms with Gasteiger partial charge in [0, 0.05) is 17.0 Å². The molecule has 33 heavy (non-hydrogen) atoms. The first-order chi connectivity index (χ1) is 16.2. The van der Waals surface area contributed by atoms with Crippen molar-refractivity contribution in [3.05, 3.63) is 131 Å². The number of hydrogen-bond acceptors (Lipinski definition) is 2. The fourth-order valence-corrected chi connectivity index (χ4v) is 6.25. The summed E-state index contributed by atoms with van der Waals surface area (Å²) in [5, 5.41) is 4.24. The molecule has 0 spiro atoms. The van der Waals surface area contributed by atoms with Gasteiger partial charge in [-0.15, -0.1) is 0 Å². The SMILES string of the molecule is O=C1c2cccc3cccc(c23)C1C(c1ccccc1)C1C(=O)c2cccc3cccc1c23. The molecule has 0 fully saturated rings. The van der Waals surface area contributed by atoms with Gasteiger partial charge in [0.1, 0.15) is 0 Å². The summed E-state index contributed by atoms with van der Waals surface area (Å²) in [5.74, 6) is -0.834. The van der Waals surface area contributed by atoms with Crippen LogP contribution in [0.25, 0.3) is 21.5 Å². The van der Waals surface area contributed by atoms with Crippen LogP contribution in [-0.4, -0.2) is 11.6 Å². The van der Waals surface area contributed by atoms with Gasteiger partial charge in [-0.2, -0.15) is 0 Å². The van der Waals surface area contributed by atoms with Crippen LogP contribution in [0.1, 0.15) is 55.2 Å². The first-order valence-electron chi connectivity index (χ1n) is 11.4. The van der Waals surface area contributed by atoms with E-state index < -0.39 is 11.8 Å². The molecule has 5 aromatic rings. The van der Waals surface area contributed by atoms with Crippen molar-refractivity contribution >= 4 is 33.1 Å². The van der Waals surface area contributed by atoms with Gasteiger partial charge in [-0.25, -0.2) is 0 Å². The minimum Gasteiger partial charge on any atom is -0.293 e. The molecular formula is C31H20O2. The van der Waals surface area contributed by atoms with E-state index in [0.29, 0.717) is 0 Å². The molecule has 0 aromatic heterocycles. The molecule has 0 saturated carbocycles. The van der Waals surface area contributed by atoms with Crippen molar-refractivity contribution in [1.29, 1.82) is 0 Å². The molecule has 2 aliphatic rings. The lowest BCUT2D eigenvalue weighted by Crippen LogP contribution is -2.25. The van der Waals surface area contributed by atoms with E-state index in [4.69, 9.17) is 0 Å². The van der Waals surface area contributed by atoms with Gasteiger partial charge >= 0.3 is 0 Å². The third-order valence-electron chi connectivity index (χ3n) is 7.54. The van der Waals surface area contributed by atoms with Crippen molar-refractivity contribution in [2.24, 2.45) is 0 Å². The molecule has 0 radical (unpaired) electrons. The quantitative estimate of drug-likeness (QED) is 0.311. The molecule has 2 unspecified atom stereocenters. The minimum absolute atomic E-state index is 0.117. The number of hydrogen-bond donors (Lipinski definition) is 0. The van der Waals surface area contributed by atoms with E-state index in [1.54, 1.807) is 0 Å². The maximum atomic E-state index is 14.0. The van der Waals surface area contributed by atoms with Crippen molar-refractivity contribution in [1.82, 2.24) is 0 Å². The van der Waals surface area contributed by atoms with Crippen molar-refractivity contribution in [3.8, 4) is 0 Å². The molecule has 2 atom stereocenters. The number of rotatable bonds is 3. The van der Waals surface area contributed by atoms with Crippen molar-refractivity contribution in [2.45, 2.75) is 17.8 Å². The van der Waals surface area contributed by atoms with Gasteiger partial charge in [0.05, 0.1) is 11.8 Å². The van der Waals surface area contributed by atoms with Gasteiger partial charge < -0.3 is 0 Å². The zero-order chi connectivity index (χ0) is 22.1. The topological polar surface area (TPSA) is 34.1 Å². The predicted octanol–water partition coefficient (Wildman–Crippen LogP) is 7.04. The molecule has 2 nitrogen and oxygen atoms in total. The second-order valence-corrected chi connectivity index (χ2v) is 9.12. The van der Waals surface area contributed by atoms with Gasteiger partial charge in [-0.3, -0.25) is 9.59 Å². The van der Waals surface area contributed by atoms with Crippen LogP contribution in [0.3, 0.4) is 0 Å². The van der Waals surface area contributed by atoms with Gasteiger partial charge in [0.2, 0.25) is 0 Å². The van der Waals surface area contributed by atoms with Crippen LogP contribution in [0.2, 0.25) is 0 Å². The molecule has 0 saturated heterocycles. The highest BCUT2D eigenvalue weighted by atomic mass is 16.1. The Hall–Kier alpha value is -4.04. The predicted molar refractivity (Wildman–Crippen MR) is 131 cm³/mol. The highest BCUT2D eigenvalue weighted by Crippen LogP contribution is 2.54.